The number of nitrogens with one attached hydrogen (secondary N) is 1. The highest BCUT2D eigenvalue weighted by Gasteiger charge is 2.14. The highest BCUT2D eigenvalue weighted by atomic mass is 32.1. The molecule has 5 heteroatoms. The maximum absolute atomic E-state index is 5.90. The molecule has 25 heavy (non-hydrogen) atoms. The first-order chi connectivity index (χ1) is 12.4. The summed E-state index contributed by atoms with van der Waals surface area (Å²) < 4.78 is 11.7. The normalized spacial score (nSPS) is 16.7. The SMILES string of the molecule is c1csc(-c2ccc(Oc3ccc(OC[C@H]4CCCN4)cc3)cc2)n1. The van der Waals surface area contributed by atoms with Crippen molar-refractivity contribution in [3.05, 3.63) is 60.1 Å². The molecule has 0 bridgehead atoms. The van der Waals surface area contributed by atoms with Crippen LogP contribution < -0.4 is 14.8 Å². The van der Waals surface area contributed by atoms with Crippen LogP contribution in [0.1, 0.15) is 12.8 Å². The molecule has 2 heterocycles. The van der Waals surface area contributed by atoms with Crippen LogP contribution in [0.25, 0.3) is 10.6 Å². The molecule has 0 aliphatic carbocycles. The summed E-state index contributed by atoms with van der Waals surface area (Å²) in [4.78, 5) is 4.32. The zero-order valence-corrected chi connectivity index (χ0v) is 14.7. The van der Waals surface area contributed by atoms with Gasteiger partial charge in [0.2, 0.25) is 0 Å². The van der Waals surface area contributed by atoms with Gasteiger partial charge in [0.1, 0.15) is 28.9 Å². The summed E-state index contributed by atoms with van der Waals surface area (Å²) in [6.07, 6.45) is 4.25. The van der Waals surface area contributed by atoms with Gasteiger partial charge in [0.25, 0.3) is 0 Å². The third kappa shape index (κ3) is 4.18. The number of rotatable bonds is 6. The lowest BCUT2D eigenvalue weighted by Gasteiger charge is -2.12. The molecule has 1 fully saturated rings. The molecule has 0 unspecified atom stereocenters. The zero-order valence-electron chi connectivity index (χ0n) is 13.9. The molecular formula is C20H20N2O2S. The zero-order chi connectivity index (χ0) is 16.9. The number of thiazole rings is 1. The Morgan fingerprint density at radius 2 is 1.72 bits per heavy atom. The first-order valence-corrected chi connectivity index (χ1v) is 9.39. The summed E-state index contributed by atoms with van der Waals surface area (Å²) in [6, 6.07) is 16.2. The summed E-state index contributed by atoms with van der Waals surface area (Å²) in [7, 11) is 0. The van der Waals surface area contributed by atoms with Gasteiger partial charge in [-0.25, -0.2) is 4.98 Å². The molecule has 3 aromatic rings. The van der Waals surface area contributed by atoms with E-state index < -0.39 is 0 Å². The van der Waals surface area contributed by atoms with Gasteiger partial charge in [-0.05, 0) is 67.9 Å². The van der Waals surface area contributed by atoms with Crippen LogP contribution in [0, 0.1) is 0 Å². The molecule has 0 radical (unpaired) electrons. The summed E-state index contributed by atoms with van der Waals surface area (Å²) in [5, 5.41) is 6.43. The lowest BCUT2D eigenvalue weighted by molar-refractivity contribution is 0.277. The minimum Gasteiger partial charge on any atom is -0.492 e. The molecule has 0 saturated carbocycles. The van der Waals surface area contributed by atoms with Crippen molar-refractivity contribution in [1.82, 2.24) is 10.3 Å². The van der Waals surface area contributed by atoms with Crippen LogP contribution in [0.2, 0.25) is 0 Å². The van der Waals surface area contributed by atoms with E-state index in [0.717, 1.165) is 41.0 Å². The predicted octanol–water partition coefficient (Wildman–Crippen LogP) is 4.73. The average Bonchev–Trinajstić information content (AvgIpc) is 3.36. The monoisotopic (exact) mass is 352 g/mol. The van der Waals surface area contributed by atoms with Gasteiger partial charge in [-0.15, -0.1) is 11.3 Å². The van der Waals surface area contributed by atoms with Crippen LogP contribution in [-0.2, 0) is 0 Å². The van der Waals surface area contributed by atoms with Crippen molar-refractivity contribution in [1.29, 1.82) is 0 Å². The predicted molar refractivity (Wildman–Crippen MR) is 101 cm³/mol. The smallest absolute Gasteiger partial charge is 0.127 e. The topological polar surface area (TPSA) is 43.4 Å². The van der Waals surface area contributed by atoms with Crippen molar-refractivity contribution in [2.24, 2.45) is 0 Å². The first-order valence-electron chi connectivity index (χ1n) is 8.51. The van der Waals surface area contributed by atoms with Gasteiger partial charge >= 0.3 is 0 Å². The number of ether oxygens (including phenoxy) is 2. The molecular weight excluding hydrogens is 332 g/mol. The number of hydrogen-bond donors (Lipinski definition) is 1. The van der Waals surface area contributed by atoms with E-state index in [0.29, 0.717) is 6.04 Å². The van der Waals surface area contributed by atoms with E-state index in [1.54, 1.807) is 11.3 Å². The summed E-state index contributed by atoms with van der Waals surface area (Å²) >= 11 is 1.63. The van der Waals surface area contributed by atoms with Gasteiger partial charge < -0.3 is 14.8 Å². The first kappa shape index (κ1) is 16.1. The Bertz CT molecular complexity index is 780. The average molecular weight is 352 g/mol. The maximum Gasteiger partial charge on any atom is 0.127 e. The molecule has 1 aromatic heterocycles. The van der Waals surface area contributed by atoms with Crippen molar-refractivity contribution in [2.45, 2.75) is 18.9 Å². The van der Waals surface area contributed by atoms with E-state index in [1.165, 1.54) is 12.8 Å². The van der Waals surface area contributed by atoms with Gasteiger partial charge in [0, 0.05) is 23.2 Å². The van der Waals surface area contributed by atoms with Crippen molar-refractivity contribution >= 4 is 11.3 Å². The molecule has 2 aromatic carbocycles. The Kier molecular flexibility index (Phi) is 4.95. The van der Waals surface area contributed by atoms with E-state index in [9.17, 15) is 0 Å². The third-order valence-electron chi connectivity index (χ3n) is 4.21. The fraction of sp³-hybridized carbons (Fsp3) is 0.250. The van der Waals surface area contributed by atoms with Gasteiger partial charge in [-0.3, -0.25) is 0 Å². The Hall–Kier alpha value is -2.37. The van der Waals surface area contributed by atoms with Crippen molar-refractivity contribution in [3.63, 3.8) is 0 Å². The molecule has 4 rings (SSSR count). The fourth-order valence-corrected chi connectivity index (χ4v) is 3.51. The standard InChI is InChI=1S/C20H20N2O2S/c1-2-16(21-11-1)14-23-17-7-9-19(10-8-17)24-18-5-3-15(4-6-18)20-22-12-13-25-20/h3-10,12-13,16,21H,1-2,11,14H2/t16-/m1/s1. The van der Waals surface area contributed by atoms with E-state index in [-0.39, 0.29) is 0 Å². The second kappa shape index (κ2) is 7.68. The van der Waals surface area contributed by atoms with Crippen molar-refractivity contribution in [3.8, 4) is 27.8 Å². The minimum atomic E-state index is 0.479. The van der Waals surface area contributed by atoms with E-state index in [2.05, 4.69) is 10.3 Å². The van der Waals surface area contributed by atoms with E-state index in [4.69, 9.17) is 9.47 Å². The van der Waals surface area contributed by atoms with E-state index in [1.807, 2.05) is 60.1 Å². The van der Waals surface area contributed by atoms with Gasteiger partial charge in [0.15, 0.2) is 0 Å². The van der Waals surface area contributed by atoms with Gasteiger partial charge in [-0.2, -0.15) is 0 Å². The molecule has 1 atom stereocenters. The maximum atomic E-state index is 5.90. The van der Waals surface area contributed by atoms with Crippen LogP contribution in [0.3, 0.4) is 0 Å². The number of hydrogen-bond acceptors (Lipinski definition) is 5. The van der Waals surface area contributed by atoms with Crippen LogP contribution in [0.4, 0.5) is 0 Å². The highest BCUT2D eigenvalue weighted by molar-refractivity contribution is 7.13. The highest BCUT2D eigenvalue weighted by Crippen LogP contribution is 2.27. The van der Waals surface area contributed by atoms with Crippen LogP contribution >= 0.6 is 11.3 Å². The van der Waals surface area contributed by atoms with Gasteiger partial charge in [0.05, 0.1) is 0 Å². The quantitative estimate of drug-likeness (QED) is 0.696. The number of nitrogens with zero attached hydrogens (tertiary/aromatic N) is 1. The number of benzene rings is 2. The Morgan fingerprint density at radius 1 is 1.00 bits per heavy atom. The lowest BCUT2D eigenvalue weighted by Crippen LogP contribution is -2.28. The van der Waals surface area contributed by atoms with Gasteiger partial charge in [-0.1, -0.05) is 0 Å². The van der Waals surface area contributed by atoms with Crippen molar-refractivity contribution in [2.75, 3.05) is 13.2 Å². The number of aromatic nitrogens is 1. The summed E-state index contributed by atoms with van der Waals surface area (Å²) in [5.41, 5.74) is 1.10. The second-order valence-corrected chi connectivity index (χ2v) is 6.93. The Morgan fingerprint density at radius 3 is 2.36 bits per heavy atom. The minimum absolute atomic E-state index is 0.479. The van der Waals surface area contributed by atoms with Crippen molar-refractivity contribution < 1.29 is 9.47 Å². The third-order valence-corrected chi connectivity index (χ3v) is 5.03. The molecule has 1 aliphatic heterocycles. The molecule has 1 saturated heterocycles. The molecule has 0 spiro atoms. The summed E-state index contributed by atoms with van der Waals surface area (Å²) in [6.45, 7) is 1.82. The fourth-order valence-electron chi connectivity index (χ4n) is 2.87. The molecule has 0 amide bonds. The molecule has 4 nitrogen and oxygen atoms in total. The van der Waals surface area contributed by atoms with Crippen LogP contribution in [-0.4, -0.2) is 24.2 Å². The Balaban J connectivity index is 1.34. The second-order valence-electron chi connectivity index (χ2n) is 6.04. The van der Waals surface area contributed by atoms with Crippen LogP contribution in [0.5, 0.6) is 17.2 Å². The largest absolute Gasteiger partial charge is 0.492 e. The Labute approximate surface area is 151 Å². The lowest BCUT2D eigenvalue weighted by atomic mass is 10.2. The molecule has 1 N–H and O–H groups in total. The van der Waals surface area contributed by atoms with Crippen LogP contribution in [0.15, 0.2) is 60.1 Å². The molecule has 1 aliphatic rings. The molecule has 128 valence electrons. The summed E-state index contributed by atoms with van der Waals surface area (Å²) in [5.74, 6) is 2.48. The van der Waals surface area contributed by atoms with E-state index >= 15 is 0 Å².